The zero-order chi connectivity index (χ0) is 14.1. The fourth-order valence-electron chi connectivity index (χ4n) is 1.91. The van der Waals surface area contributed by atoms with Gasteiger partial charge >= 0.3 is 0 Å². The molecule has 2 aromatic heterocycles. The first-order valence-corrected chi connectivity index (χ1v) is 6.13. The minimum atomic E-state index is -0.591. The molecule has 102 valence electrons. The maximum atomic E-state index is 13.8. The van der Waals surface area contributed by atoms with E-state index in [1.54, 1.807) is 6.07 Å². The Morgan fingerprint density at radius 1 is 1.25 bits per heavy atom. The largest absolute Gasteiger partial charge is 0.454 e. The Hall–Kier alpha value is -2.50. The average Bonchev–Trinajstić information content (AvgIpc) is 2.84. The van der Waals surface area contributed by atoms with Crippen LogP contribution in [0.5, 0.6) is 0 Å². The topological polar surface area (TPSA) is 51.0 Å². The van der Waals surface area contributed by atoms with Crippen molar-refractivity contribution in [2.24, 2.45) is 0 Å². The van der Waals surface area contributed by atoms with E-state index in [2.05, 4.69) is 15.3 Å². The van der Waals surface area contributed by atoms with Crippen molar-refractivity contribution in [3.8, 4) is 11.5 Å². The highest BCUT2D eigenvalue weighted by molar-refractivity contribution is 5.82. The molecule has 0 atom stereocenters. The summed E-state index contributed by atoms with van der Waals surface area (Å²) >= 11 is 0. The molecule has 0 amide bonds. The van der Waals surface area contributed by atoms with Crippen molar-refractivity contribution < 1.29 is 13.2 Å². The lowest BCUT2D eigenvalue weighted by Gasteiger charge is -2.03. The monoisotopic (exact) mass is 275 g/mol. The van der Waals surface area contributed by atoms with Crippen LogP contribution >= 0.6 is 0 Å². The van der Waals surface area contributed by atoms with Gasteiger partial charge in [0.05, 0.1) is 6.20 Å². The fraction of sp³-hybridized carbons (Fsp3) is 0.143. The summed E-state index contributed by atoms with van der Waals surface area (Å²) in [4.78, 5) is 7.89. The zero-order valence-electron chi connectivity index (χ0n) is 10.7. The molecule has 0 fully saturated rings. The molecule has 3 aromatic rings. The number of benzene rings is 1. The second kappa shape index (κ2) is 4.88. The van der Waals surface area contributed by atoms with Crippen molar-refractivity contribution in [3.05, 3.63) is 42.1 Å². The highest BCUT2D eigenvalue weighted by Crippen LogP contribution is 2.29. The lowest BCUT2D eigenvalue weighted by atomic mass is 10.2. The predicted molar refractivity (Wildman–Crippen MR) is 71.3 cm³/mol. The molecular weight excluding hydrogens is 264 g/mol. The molecule has 0 saturated heterocycles. The number of nitrogens with zero attached hydrogens (tertiary/aromatic N) is 2. The quantitative estimate of drug-likeness (QED) is 0.793. The second-order valence-corrected chi connectivity index (χ2v) is 4.21. The average molecular weight is 275 g/mol. The van der Waals surface area contributed by atoms with Crippen molar-refractivity contribution in [1.82, 2.24) is 9.97 Å². The number of halogens is 2. The van der Waals surface area contributed by atoms with Crippen LogP contribution in [0.25, 0.3) is 22.4 Å². The number of hydrogen-bond acceptors (Lipinski definition) is 4. The van der Waals surface area contributed by atoms with E-state index in [1.165, 1.54) is 18.2 Å². The van der Waals surface area contributed by atoms with E-state index >= 15 is 0 Å². The molecule has 0 aliphatic rings. The first kappa shape index (κ1) is 12.5. The lowest BCUT2D eigenvalue weighted by molar-refractivity contribution is 0.589. The number of aromatic nitrogens is 2. The molecule has 0 radical (unpaired) electrons. The van der Waals surface area contributed by atoms with Gasteiger partial charge in [-0.25, -0.2) is 18.7 Å². The van der Waals surface area contributed by atoms with Gasteiger partial charge in [0.15, 0.2) is 11.6 Å². The van der Waals surface area contributed by atoms with Crippen molar-refractivity contribution in [1.29, 1.82) is 0 Å². The normalized spacial score (nSPS) is 10.9. The van der Waals surface area contributed by atoms with Crippen molar-refractivity contribution >= 4 is 16.9 Å². The summed E-state index contributed by atoms with van der Waals surface area (Å²) in [6, 6.07) is 5.67. The summed E-state index contributed by atoms with van der Waals surface area (Å²) in [5.74, 6) is -0.410. The maximum absolute atomic E-state index is 13.8. The molecule has 0 aliphatic carbocycles. The third-order valence-corrected chi connectivity index (χ3v) is 2.79. The van der Waals surface area contributed by atoms with Crippen LogP contribution in [0.15, 0.2) is 34.9 Å². The molecule has 0 spiro atoms. The summed E-state index contributed by atoms with van der Waals surface area (Å²) in [6.07, 6.45) is 1.08. The van der Waals surface area contributed by atoms with Gasteiger partial charge in [-0.15, -0.1) is 0 Å². The van der Waals surface area contributed by atoms with Gasteiger partial charge in [0.1, 0.15) is 17.1 Å². The Morgan fingerprint density at radius 3 is 2.90 bits per heavy atom. The summed E-state index contributed by atoms with van der Waals surface area (Å²) in [5, 5.41) is 3.46. The maximum Gasteiger partial charge on any atom is 0.223 e. The van der Waals surface area contributed by atoms with E-state index in [0.29, 0.717) is 23.5 Å². The molecule has 0 unspecified atom stereocenters. The molecule has 0 saturated carbocycles. The van der Waals surface area contributed by atoms with E-state index in [4.69, 9.17) is 4.42 Å². The van der Waals surface area contributed by atoms with Crippen LogP contribution in [0, 0.1) is 11.6 Å². The summed E-state index contributed by atoms with van der Waals surface area (Å²) in [6.45, 7) is 2.51. The summed E-state index contributed by atoms with van der Waals surface area (Å²) < 4.78 is 32.5. The Kier molecular flexibility index (Phi) is 3.06. The van der Waals surface area contributed by atoms with Crippen molar-refractivity contribution in [3.63, 3.8) is 0 Å². The van der Waals surface area contributed by atoms with E-state index in [0.717, 1.165) is 6.20 Å². The predicted octanol–water partition coefficient (Wildman–Crippen LogP) is 3.60. The minimum Gasteiger partial charge on any atom is -0.454 e. The van der Waals surface area contributed by atoms with Crippen LogP contribution in [0.1, 0.15) is 6.92 Å². The van der Waals surface area contributed by atoms with Gasteiger partial charge in [-0.1, -0.05) is 0 Å². The van der Waals surface area contributed by atoms with Crippen LogP contribution in [-0.2, 0) is 0 Å². The fourth-order valence-corrected chi connectivity index (χ4v) is 1.91. The molecule has 3 rings (SSSR count). The van der Waals surface area contributed by atoms with Crippen LogP contribution in [-0.4, -0.2) is 16.5 Å². The first-order valence-electron chi connectivity index (χ1n) is 6.13. The third-order valence-electron chi connectivity index (χ3n) is 2.79. The number of hydrogen-bond donors (Lipinski definition) is 1. The lowest BCUT2D eigenvalue weighted by Crippen LogP contribution is -2.03. The van der Waals surface area contributed by atoms with Crippen molar-refractivity contribution in [2.75, 3.05) is 11.9 Å². The molecular formula is C14H11F2N3O. The number of rotatable bonds is 3. The Morgan fingerprint density at radius 2 is 2.10 bits per heavy atom. The van der Waals surface area contributed by atoms with Gasteiger partial charge in [-0.2, -0.15) is 0 Å². The van der Waals surface area contributed by atoms with Gasteiger partial charge in [0, 0.05) is 11.9 Å². The highest BCUT2D eigenvalue weighted by atomic mass is 19.1. The minimum absolute atomic E-state index is 0.0487. The first-order chi connectivity index (χ1) is 9.67. The van der Waals surface area contributed by atoms with Gasteiger partial charge in [-0.05, 0) is 31.2 Å². The Labute approximate surface area is 113 Å². The number of furan rings is 1. The number of fused-ring (bicyclic) bond motifs is 1. The molecule has 2 heterocycles. The van der Waals surface area contributed by atoms with Crippen LogP contribution in [0.2, 0.25) is 0 Å². The molecule has 1 aromatic carbocycles. The van der Waals surface area contributed by atoms with Crippen LogP contribution < -0.4 is 5.32 Å². The second-order valence-electron chi connectivity index (χ2n) is 4.21. The number of nitrogens with one attached hydrogen (secondary N) is 1. The van der Waals surface area contributed by atoms with Crippen LogP contribution in [0.4, 0.5) is 14.7 Å². The van der Waals surface area contributed by atoms with Gasteiger partial charge in [0.2, 0.25) is 5.95 Å². The zero-order valence-corrected chi connectivity index (χ0v) is 10.7. The Bertz CT molecular complexity index is 770. The highest BCUT2D eigenvalue weighted by Gasteiger charge is 2.14. The molecule has 20 heavy (non-hydrogen) atoms. The Balaban J connectivity index is 2.12. The van der Waals surface area contributed by atoms with Gasteiger partial charge in [-0.3, -0.25) is 0 Å². The van der Waals surface area contributed by atoms with E-state index in [1.807, 2.05) is 6.92 Å². The van der Waals surface area contributed by atoms with Crippen LogP contribution in [0.3, 0.4) is 0 Å². The summed E-state index contributed by atoms with van der Waals surface area (Å²) in [5.41, 5.74) is 0.525. The molecule has 0 bridgehead atoms. The smallest absolute Gasteiger partial charge is 0.223 e. The summed E-state index contributed by atoms with van der Waals surface area (Å²) in [7, 11) is 0. The molecule has 1 N–H and O–H groups in total. The van der Waals surface area contributed by atoms with E-state index in [-0.39, 0.29) is 17.3 Å². The van der Waals surface area contributed by atoms with Gasteiger partial charge in [0.25, 0.3) is 0 Å². The molecule has 6 heteroatoms. The van der Waals surface area contributed by atoms with E-state index in [9.17, 15) is 8.78 Å². The van der Waals surface area contributed by atoms with Crippen molar-refractivity contribution in [2.45, 2.75) is 6.92 Å². The molecule has 4 nitrogen and oxygen atoms in total. The number of anilines is 1. The third kappa shape index (κ3) is 2.20. The molecule has 0 aliphatic heterocycles. The van der Waals surface area contributed by atoms with E-state index < -0.39 is 5.82 Å². The standard InChI is InChI=1S/C14H11F2N3O/c1-2-17-14-18-7-10(16)13(19-14)12-6-8-5-9(15)3-4-11(8)20-12/h3-7H,2H2,1H3,(H,17,18,19). The van der Waals surface area contributed by atoms with Gasteiger partial charge < -0.3 is 9.73 Å². The SMILES string of the molecule is CCNc1ncc(F)c(-c2cc3cc(F)ccc3o2)n1.